The van der Waals surface area contributed by atoms with Crippen LogP contribution in [0.5, 0.6) is 0 Å². The average Bonchev–Trinajstić information content (AvgIpc) is 3.14. The van der Waals surface area contributed by atoms with Gasteiger partial charge in [0.2, 0.25) is 5.91 Å². The van der Waals surface area contributed by atoms with Crippen molar-refractivity contribution in [2.75, 3.05) is 0 Å². The lowest BCUT2D eigenvalue weighted by atomic mass is 10.1. The van der Waals surface area contributed by atoms with Crippen molar-refractivity contribution < 1.29 is 9.59 Å². The molecule has 0 unspecified atom stereocenters. The van der Waals surface area contributed by atoms with Crippen LogP contribution in [-0.4, -0.2) is 26.6 Å². The molecule has 3 rings (SSSR count). The second kappa shape index (κ2) is 6.74. The second-order valence-electron chi connectivity index (χ2n) is 5.06. The van der Waals surface area contributed by atoms with Crippen LogP contribution >= 0.6 is 0 Å². The first kappa shape index (κ1) is 15.4. The number of rotatable bonds is 5. The normalized spacial score (nSPS) is 10.3. The molecule has 0 radical (unpaired) electrons. The van der Waals surface area contributed by atoms with Crippen LogP contribution in [0.15, 0.2) is 61.1 Å². The minimum absolute atomic E-state index is 0.280. The van der Waals surface area contributed by atoms with E-state index in [-0.39, 0.29) is 12.5 Å². The van der Waals surface area contributed by atoms with E-state index >= 15 is 0 Å². The summed E-state index contributed by atoms with van der Waals surface area (Å²) in [4.78, 5) is 27.8. The maximum absolute atomic E-state index is 12.3. The van der Waals surface area contributed by atoms with E-state index in [0.29, 0.717) is 16.9 Å². The summed E-state index contributed by atoms with van der Waals surface area (Å²) in [5.74, 6) is -0.222. The number of primary amides is 1. The summed E-state index contributed by atoms with van der Waals surface area (Å²) < 4.78 is 1.63. The molecule has 2 amide bonds. The van der Waals surface area contributed by atoms with Crippen LogP contribution in [0.1, 0.15) is 26.3 Å². The lowest BCUT2D eigenvalue weighted by Crippen LogP contribution is -2.24. The van der Waals surface area contributed by atoms with Gasteiger partial charge in [-0.15, -0.1) is 0 Å². The zero-order valence-electron chi connectivity index (χ0n) is 12.7. The number of nitrogens with zero attached hydrogens (tertiary/aromatic N) is 3. The number of hydrogen-bond acceptors (Lipinski definition) is 4. The number of carbonyl (C=O) groups excluding carboxylic acids is 2. The predicted octanol–water partition coefficient (Wildman–Crippen LogP) is 1.30. The number of nitrogens with two attached hydrogens (primary N) is 1. The number of amides is 2. The van der Waals surface area contributed by atoms with E-state index in [0.717, 1.165) is 5.56 Å². The van der Waals surface area contributed by atoms with Crippen LogP contribution in [0.25, 0.3) is 5.82 Å². The van der Waals surface area contributed by atoms with Gasteiger partial charge >= 0.3 is 0 Å². The van der Waals surface area contributed by atoms with E-state index < -0.39 is 5.91 Å². The maximum atomic E-state index is 12.3. The standard InChI is InChI=1S/C17H15N5O2/c18-15(23)12-4-1-5-13(10-12)17(24)20-11-14-6-2-7-19-16(14)22-9-3-8-21-22/h1-10H,11H2,(H2,18,23)(H,20,24). The molecule has 2 heterocycles. The monoisotopic (exact) mass is 321 g/mol. The highest BCUT2D eigenvalue weighted by Gasteiger charge is 2.11. The number of nitrogens with one attached hydrogen (secondary N) is 1. The molecule has 0 bridgehead atoms. The molecule has 0 aliphatic rings. The number of pyridine rings is 1. The second-order valence-corrected chi connectivity index (χ2v) is 5.06. The SMILES string of the molecule is NC(=O)c1cccc(C(=O)NCc2cccnc2-n2cccn2)c1. The van der Waals surface area contributed by atoms with Crippen molar-refractivity contribution in [1.29, 1.82) is 0 Å². The summed E-state index contributed by atoms with van der Waals surface area (Å²) in [5.41, 5.74) is 6.72. The van der Waals surface area contributed by atoms with E-state index in [4.69, 9.17) is 5.73 Å². The summed E-state index contributed by atoms with van der Waals surface area (Å²) in [5, 5.41) is 6.97. The molecule has 7 heteroatoms. The molecule has 0 saturated heterocycles. The fraction of sp³-hybridized carbons (Fsp3) is 0.0588. The Labute approximate surface area is 138 Å². The van der Waals surface area contributed by atoms with Crippen LogP contribution in [0.2, 0.25) is 0 Å². The molecule has 120 valence electrons. The van der Waals surface area contributed by atoms with Crippen molar-refractivity contribution in [3.63, 3.8) is 0 Å². The third kappa shape index (κ3) is 3.30. The first-order valence-corrected chi connectivity index (χ1v) is 7.27. The zero-order valence-corrected chi connectivity index (χ0v) is 12.7. The Kier molecular flexibility index (Phi) is 4.33. The van der Waals surface area contributed by atoms with Crippen LogP contribution in [0.3, 0.4) is 0 Å². The highest BCUT2D eigenvalue weighted by Crippen LogP contribution is 2.11. The smallest absolute Gasteiger partial charge is 0.251 e. The Bertz CT molecular complexity index is 874. The van der Waals surface area contributed by atoms with Crippen molar-refractivity contribution in [3.8, 4) is 5.82 Å². The highest BCUT2D eigenvalue weighted by molar-refractivity contribution is 5.99. The summed E-state index contributed by atoms with van der Waals surface area (Å²) >= 11 is 0. The van der Waals surface area contributed by atoms with Gasteiger partial charge in [-0.25, -0.2) is 9.67 Å². The summed E-state index contributed by atoms with van der Waals surface area (Å²) in [6.07, 6.45) is 5.11. The molecule has 0 aliphatic heterocycles. The van der Waals surface area contributed by atoms with E-state index in [1.165, 1.54) is 6.07 Å². The third-order valence-electron chi connectivity index (χ3n) is 3.44. The number of hydrogen-bond donors (Lipinski definition) is 2. The minimum Gasteiger partial charge on any atom is -0.366 e. The van der Waals surface area contributed by atoms with Gasteiger partial charge in [0.15, 0.2) is 5.82 Å². The van der Waals surface area contributed by atoms with Gasteiger partial charge in [0, 0.05) is 41.8 Å². The molecular formula is C17H15N5O2. The van der Waals surface area contributed by atoms with Crippen molar-refractivity contribution in [1.82, 2.24) is 20.1 Å². The molecule has 0 fully saturated rings. The van der Waals surface area contributed by atoms with Gasteiger partial charge in [0.25, 0.3) is 5.91 Å². The Balaban J connectivity index is 1.76. The molecule has 0 saturated carbocycles. The lowest BCUT2D eigenvalue weighted by Gasteiger charge is -2.10. The number of carbonyl (C=O) groups is 2. The van der Waals surface area contributed by atoms with E-state index in [1.807, 2.05) is 6.07 Å². The van der Waals surface area contributed by atoms with Crippen LogP contribution < -0.4 is 11.1 Å². The van der Waals surface area contributed by atoms with Crippen molar-refractivity contribution in [3.05, 3.63) is 77.7 Å². The van der Waals surface area contributed by atoms with E-state index in [1.54, 1.807) is 53.6 Å². The van der Waals surface area contributed by atoms with E-state index in [2.05, 4.69) is 15.4 Å². The molecule has 0 aliphatic carbocycles. The summed E-state index contributed by atoms with van der Waals surface area (Å²) in [7, 11) is 0. The maximum Gasteiger partial charge on any atom is 0.251 e. The Morgan fingerprint density at radius 1 is 1.08 bits per heavy atom. The first-order valence-electron chi connectivity index (χ1n) is 7.27. The third-order valence-corrected chi connectivity index (χ3v) is 3.44. The molecule has 0 spiro atoms. The molecule has 24 heavy (non-hydrogen) atoms. The van der Waals surface area contributed by atoms with Crippen molar-refractivity contribution >= 4 is 11.8 Å². The van der Waals surface area contributed by atoms with Gasteiger partial charge < -0.3 is 11.1 Å². The van der Waals surface area contributed by atoms with Gasteiger partial charge in [0.05, 0.1) is 0 Å². The Hall–Kier alpha value is -3.48. The Morgan fingerprint density at radius 2 is 1.92 bits per heavy atom. The fourth-order valence-electron chi connectivity index (χ4n) is 2.26. The van der Waals surface area contributed by atoms with Gasteiger partial charge in [-0.05, 0) is 30.3 Å². The molecule has 1 aromatic carbocycles. The predicted molar refractivity (Wildman–Crippen MR) is 87.5 cm³/mol. The van der Waals surface area contributed by atoms with Crippen LogP contribution in [0, 0.1) is 0 Å². The van der Waals surface area contributed by atoms with Crippen molar-refractivity contribution in [2.45, 2.75) is 6.54 Å². The van der Waals surface area contributed by atoms with Crippen molar-refractivity contribution in [2.24, 2.45) is 5.73 Å². The molecule has 3 N–H and O–H groups in total. The van der Waals surface area contributed by atoms with Gasteiger partial charge in [-0.1, -0.05) is 12.1 Å². The van der Waals surface area contributed by atoms with Crippen LogP contribution in [-0.2, 0) is 6.54 Å². The van der Waals surface area contributed by atoms with Gasteiger partial charge in [0.1, 0.15) is 0 Å². The quantitative estimate of drug-likeness (QED) is 0.739. The molecule has 0 atom stereocenters. The average molecular weight is 321 g/mol. The fourth-order valence-corrected chi connectivity index (χ4v) is 2.26. The van der Waals surface area contributed by atoms with Gasteiger partial charge in [-0.2, -0.15) is 5.10 Å². The number of aromatic nitrogens is 3. The molecule has 3 aromatic rings. The van der Waals surface area contributed by atoms with E-state index in [9.17, 15) is 9.59 Å². The lowest BCUT2D eigenvalue weighted by molar-refractivity contribution is 0.0951. The number of benzene rings is 1. The first-order chi connectivity index (χ1) is 11.6. The van der Waals surface area contributed by atoms with Gasteiger partial charge in [-0.3, -0.25) is 9.59 Å². The molecule has 2 aromatic heterocycles. The Morgan fingerprint density at radius 3 is 2.67 bits per heavy atom. The summed E-state index contributed by atoms with van der Waals surface area (Å²) in [6.45, 7) is 0.280. The van der Waals surface area contributed by atoms with Crippen LogP contribution in [0.4, 0.5) is 0 Å². The largest absolute Gasteiger partial charge is 0.366 e. The topological polar surface area (TPSA) is 103 Å². The minimum atomic E-state index is -0.571. The zero-order chi connectivity index (χ0) is 16.9. The highest BCUT2D eigenvalue weighted by atomic mass is 16.2. The summed E-state index contributed by atoms with van der Waals surface area (Å²) in [6, 6.07) is 11.7. The molecular weight excluding hydrogens is 306 g/mol. The molecule has 7 nitrogen and oxygen atoms in total.